The van der Waals surface area contributed by atoms with E-state index in [1.54, 1.807) is 0 Å². The van der Waals surface area contributed by atoms with Crippen LogP contribution >= 0.6 is 23.2 Å². The van der Waals surface area contributed by atoms with Gasteiger partial charge in [-0.1, -0.05) is 0 Å². The Labute approximate surface area is 97.2 Å². The lowest BCUT2D eigenvalue weighted by Crippen LogP contribution is -2.16. The van der Waals surface area contributed by atoms with Crippen molar-refractivity contribution in [2.24, 2.45) is 0 Å². The van der Waals surface area contributed by atoms with Crippen LogP contribution in [0.3, 0.4) is 0 Å². The van der Waals surface area contributed by atoms with Crippen molar-refractivity contribution in [3.8, 4) is 0 Å². The van der Waals surface area contributed by atoms with Crippen LogP contribution in [-0.2, 0) is 4.79 Å². The number of alkyl halides is 2. The van der Waals surface area contributed by atoms with Crippen molar-refractivity contribution in [3.05, 3.63) is 0 Å². The van der Waals surface area contributed by atoms with E-state index in [4.69, 9.17) is 23.2 Å². The quantitative estimate of drug-likeness (QED) is 0.636. The van der Waals surface area contributed by atoms with Crippen LogP contribution in [0.1, 0.15) is 53.4 Å². The van der Waals surface area contributed by atoms with Gasteiger partial charge in [0.05, 0.1) is 0 Å². The minimum atomic E-state index is -0.272. The fourth-order valence-corrected chi connectivity index (χ4v) is 1.19. The highest BCUT2D eigenvalue weighted by Gasteiger charge is 2.18. The van der Waals surface area contributed by atoms with Gasteiger partial charge in [0.15, 0.2) is 0 Å². The zero-order valence-corrected chi connectivity index (χ0v) is 11.0. The predicted octanol–water partition coefficient (Wildman–Crippen LogP) is 4.15. The van der Waals surface area contributed by atoms with Gasteiger partial charge in [0.1, 0.15) is 5.78 Å². The summed E-state index contributed by atoms with van der Waals surface area (Å²) in [5, 5.41) is 0. The molecule has 0 aliphatic heterocycles. The lowest BCUT2D eigenvalue weighted by molar-refractivity contribution is -0.119. The van der Waals surface area contributed by atoms with Crippen LogP contribution in [0.2, 0.25) is 0 Å². The first kappa shape index (κ1) is 14.2. The summed E-state index contributed by atoms with van der Waals surface area (Å²) in [5.41, 5.74) is 0. The molecule has 0 radical (unpaired) electrons. The summed E-state index contributed by atoms with van der Waals surface area (Å²) in [4.78, 5) is 10.9. The summed E-state index contributed by atoms with van der Waals surface area (Å²) in [5.74, 6) is 0.257. The molecule has 0 saturated carbocycles. The van der Waals surface area contributed by atoms with Crippen molar-refractivity contribution >= 4 is 29.0 Å². The molecule has 0 spiro atoms. The lowest BCUT2D eigenvalue weighted by atomic mass is 9.99. The molecule has 0 aromatic carbocycles. The third kappa shape index (κ3) is 10.3. The molecule has 0 atom stereocenters. The summed E-state index contributed by atoms with van der Waals surface area (Å²) >= 11 is 12.0. The van der Waals surface area contributed by atoms with Crippen molar-refractivity contribution in [3.63, 3.8) is 0 Å². The molecule has 0 heterocycles. The minimum absolute atomic E-state index is 0.257. The predicted molar refractivity (Wildman–Crippen MR) is 63.3 cm³/mol. The van der Waals surface area contributed by atoms with Crippen LogP contribution in [0.4, 0.5) is 0 Å². The van der Waals surface area contributed by atoms with E-state index in [0.29, 0.717) is 12.8 Å². The molecule has 84 valence electrons. The average Bonchev–Trinajstić information content (AvgIpc) is 1.94. The molecule has 0 amide bonds. The second-order valence-corrected chi connectivity index (χ2v) is 7.02. The highest BCUT2D eigenvalue weighted by molar-refractivity contribution is 6.23. The maximum Gasteiger partial charge on any atom is 0.133 e. The Morgan fingerprint density at radius 1 is 0.929 bits per heavy atom. The monoisotopic (exact) mass is 238 g/mol. The smallest absolute Gasteiger partial charge is 0.133 e. The van der Waals surface area contributed by atoms with Crippen LogP contribution in [0.15, 0.2) is 0 Å². The van der Waals surface area contributed by atoms with Crippen molar-refractivity contribution in [1.29, 1.82) is 0 Å². The Morgan fingerprint density at radius 2 is 1.21 bits per heavy atom. The lowest BCUT2D eigenvalue weighted by Gasteiger charge is -2.16. The molecule has 0 unspecified atom stereocenters. The largest absolute Gasteiger partial charge is 0.300 e. The maximum absolute atomic E-state index is 11.4. The van der Waals surface area contributed by atoms with Gasteiger partial charge >= 0.3 is 0 Å². The molecule has 0 aliphatic carbocycles. The topological polar surface area (TPSA) is 17.1 Å². The Balaban J connectivity index is 3.68. The van der Waals surface area contributed by atoms with E-state index in [2.05, 4.69) is 0 Å². The van der Waals surface area contributed by atoms with E-state index < -0.39 is 0 Å². The average molecular weight is 239 g/mol. The van der Waals surface area contributed by atoms with Gasteiger partial charge in [-0.3, -0.25) is 4.79 Å². The van der Waals surface area contributed by atoms with Crippen LogP contribution in [0.25, 0.3) is 0 Å². The van der Waals surface area contributed by atoms with E-state index in [-0.39, 0.29) is 15.5 Å². The summed E-state index contributed by atoms with van der Waals surface area (Å²) in [6.45, 7) is 7.70. The van der Waals surface area contributed by atoms with Gasteiger partial charge in [-0.05, 0) is 40.5 Å². The fraction of sp³-hybridized carbons (Fsp3) is 0.909. The highest BCUT2D eigenvalue weighted by atomic mass is 35.5. The molecule has 0 aliphatic rings. The van der Waals surface area contributed by atoms with Crippen LogP contribution in [-0.4, -0.2) is 15.5 Å². The summed E-state index contributed by atoms with van der Waals surface area (Å²) in [7, 11) is 0. The Morgan fingerprint density at radius 3 is 1.43 bits per heavy atom. The molecule has 0 N–H and O–H groups in total. The summed E-state index contributed by atoms with van der Waals surface area (Å²) in [6.07, 6.45) is 2.58. The van der Waals surface area contributed by atoms with Gasteiger partial charge < -0.3 is 0 Å². The van der Waals surface area contributed by atoms with E-state index in [9.17, 15) is 4.79 Å². The van der Waals surface area contributed by atoms with Crippen molar-refractivity contribution in [2.45, 2.75) is 63.1 Å². The highest BCUT2D eigenvalue weighted by Crippen LogP contribution is 2.23. The normalized spacial score (nSPS) is 13.0. The third-order valence-electron chi connectivity index (χ3n) is 2.00. The molecule has 0 aromatic heterocycles. The van der Waals surface area contributed by atoms with Crippen molar-refractivity contribution in [2.75, 3.05) is 0 Å². The van der Waals surface area contributed by atoms with Gasteiger partial charge in [-0.2, -0.15) is 0 Å². The zero-order chi connectivity index (χ0) is 11.4. The standard InChI is InChI=1S/C11H20Cl2O/c1-10(2,12)7-5-9(14)6-8-11(3,4)13/h5-8H2,1-4H3. The Kier molecular flexibility index (Phi) is 5.46. The Hall–Kier alpha value is 0.250. The molecule has 1 nitrogen and oxygen atoms in total. The molecule has 14 heavy (non-hydrogen) atoms. The van der Waals surface area contributed by atoms with Crippen molar-refractivity contribution in [1.82, 2.24) is 0 Å². The zero-order valence-electron chi connectivity index (χ0n) is 9.49. The van der Waals surface area contributed by atoms with Gasteiger partial charge in [-0.15, -0.1) is 23.2 Å². The third-order valence-corrected chi connectivity index (χ3v) is 2.37. The van der Waals surface area contributed by atoms with E-state index in [0.717, 1.165) is 12.8 Å². The molecular formula is C11H20Cl2O. The summed E-state index contributed by atoms with van der Waals surface area (Å²) < 4.78 is 0. The summed E-state index contributed by atoms with van der Waals surface area (Å²) in [6, 6.07) is 0. The number of carbonyl (C=O) groups excluding carboxylic acids is 1. The first-order valence-electron chi connectivity index (χ1n) is 5.00. The van der Waals surface area contributed by atoms with E-state index in [1.807, 2.05) is 27.7 Å². The van der Waals surface area contributed by atoms with E-state index in [1.165, 1.54) is 0 Å². The second kappa shape index (κ2) is 5.37. The number of hydrogen-bond acceptors (Lipinski definition) is 1. The number of carbonyl (C=O) groups is 1. The second-order valence-electron chi connectivity index (χ2n) is 4.98. The number of rotatable bonds is 6. The SMILES string of the molecule is CC(C)(Cl)CCC(=O)CCC(C)(C)Cl. The molecule has 0 aromatic rings. The fourth-order valence-electron chi connectivity index (χ4n) is 0.998. The molecule has 0 bridgehead atoms. The molecule has 0 rings (SSSR count). The van der Waals surface area contributed by atoms with Gasteiger partial charge in [0, 0.05) is 22.6 Å². The number of halogens is 2. The Bertz CT molecular complexity index is 166. The molecular weight excluding hydrogens is 219 g/mol. The maximum atomic E-state index is 11.4. The molecule has 0 saturated heterocycles. The van der Waals surface area contributed by atoms with Crippen molar-refractivity contribution < 1.29 is 4.79 Å². The van der Waals surface area contributed by atoms with Crippen LogP contribution in [0.5, 0.6) is 0 Å². The van der Waals surface area contributed by atoms with Crippen LogP contribution in [0, 0.1) is 0 Å². The first-order valence-corrected chi connectivity index (χ1v) is 5.75. The first-order chi connectivity index (χ1) is 6.10. The number of hydrogen-bond donors (Lipinski definition) is 0. The van der Waals surface area contributed by atoms with E-state index >= 15 is 0 Å². The van der Waals surface area contributed by atoms with Crippen LogP contribution < -0.4 is 0 Å². The van der Waals surface area contributed by atoms with Gasteiger partial charge in [0.2, 0.25) is 0 Å². The number of ketones is 1. The minimum Gasteiger partial charge on any atom is -0.300 e. The molecule has 3 heteroatoms. The molecule has 0 fully saturated rings. The number of Topliss-reactive ketones (excluding diaryl/α,β-unsaturated/α-hetero) is 1. The van der Waals surface area contributed by atoms with Gasteiger partial charge in [-0.25, -0.2) is 0 Å². The van der Waals surface area contributed by atoms with Gasteiger partial charge in [0.25, 0.3) is 0 Å².